The first-order chi connectivity index (χ1) is 12.2. The minimum Gasteiger partial charge on any atom is -0.497 e. The van der Waals surface area contributed by atoms with Gasteiger partial charge >= 0.3 is 6.03 Å². The molecule has 0 unspecified atom stereocenters. The van der Waals surface area contributed by atoms with Crippen LogP contribution in [0.2, 0.25) is 10.0 Å². The van der Waals surface area contributed by atoms with Crippen LogP contribution in [0.5, 0.6) is 5.75 Å². The average molecular weight is 393 g/mol. The molecule has 0 saturated heterocycles. The highest BCUT2D eigenvalue weighted by Gasteiger charge is 2.40. The number of urea groups is 1. The number of rotatable bonds is 2. The van der Waals surface area contributed by atoms with Crippen LogP contribution in [0.25, 0.3) is 0 Å². The molecular formula is C20H22Cl2N2O2. The van der Waals surface area contributed by atoms with E-state index in [1.54, 1.807) is 25.3 Å². The molecule has 138 valence electrons. The van der Waals surface area contributed by atoms with Gasteiger partial charge < -0.3 is 10.1 Å². The summed E-state index contributed by atoms with van der Waals surface area (Å²) in [6.45, 7) is 6.32. The summed E-state index contributed by atoms with van der Waals surface area (Å²) >= 11 is 12.0. The van der Waals surface area contributed by atoms with E-state index < -0.39 is 0 Å². The van der Waals surface area contributed by atoms with Crippen LogP contribution >= 0.6 is 23.2 Å². The Kier molecular flexibility index (Phi) is 5.09. The molecule has 0 aliphatic carbocycles. The van der Waals surface area contributed by atoms with Gasteiger partial charge in [-0.25, -0.2) is 4.79 Å². The Bertz CT molecular complexity index is 852. The van der Waals surface area contributed by atoms with Gasteiger partial charge in [-0.3, -0.25) is 4.90 Å². The number of halogens is 2. The zero-order chi connectivity index (χ0) is 19.1. The van der Waals surface area contributed by atoms with E-state index in [0.29, 0.717) is 21.7 Å². The number of nitrogens with zero attached hydrogens (tertiary/aromatic N) is 1. The van der Waals surface area contributed by atoms with Gasteiger partial charge in [0, 0.05) is 16.9 Å². The van der Waals surface area contributed by atoms with Crippen LogP contribution in [0, 0.1) is 0 Å². The number of ether oxygens (including phenoxy) is 1. The van der Waals surface area contributed by atoms with Crippen molar-refractivity contribution in [3.8, 4) is 5.75 Å². The predicted octanol–water partition coefficient (Wildman–Crippen LogP) is 6.33. The second-order valence-electron chi connectivity index (χ2n) is 7.24. The van der Waals surface area contributed by atoms with Crippen LogP contribution in [0.4, 0.5) is 16.2 Å². The van der Waals surface area contributed by atoms with Crippen LogP contribution in [0.3, 0.4) is 0 Å². The molecule has 0 fully saturated rings. The van der Waals surface area contributed by atoms with Crippen molar-refractivity contribution in [1.82, 2.24) is 0 Å². The summed E-state index contributed by atoms with van der Waals surface area (Å²) in [5, 5.41) is 3.79. The number of carbonyl (C=O) groups excluding carboxylic acids is 1. The fourth-order valence-electron chi connectivity index (χ4n) is 3.67. The molecule has 4 nitrogen and oxygen atoms in total. The molecule has 0 spiro atoms. The summed E-state index contributed by atoms with van der Waals surface area (Å²) in [6, 6.07) is 10.7. The van der Waals surface area contributed by atoms with E-state index in [-0.39, 0.29) is 11.6 Å². The van der Waals surface area contributed by atoms with E-state index in [4.69, 9.17) is 27.9 Å². The molecule has 6 heteroatoms. The van der Waals surface area contributed by atoms with E-state index in [1.165, 1.54) is 0 Å². The Morgan fingerprint density at radius 3 is 2.58 bits per heavy atom. The maximum atomic E-state index is 13.1. The number of nitrogens with one attached hydrogen (secondary N) is 1. The molecule has 26 heavy (non-hydrogen) atoms. The molecule has 3 rings (SSSR count). The Labute approximate surface area is 164 Å². The number of anilines is 2. The second-order valence-corrected chi connectivity index (χ2v) is 8.05. The zero-order valence-electron chi connectivity index (χ0n) is 15.3. The topological polar surface area (TPSA) is 41.6 Å². The highest BCUT2D eigenvalue weighted by atomic mass is 35.5. The van der Waals surface area contributed by atoms with Gasteiger partial charge in [-0.1, -0.05) is 30.1 Å². The Morgan fingerprint density at radius 1 is 1.19 bits per heavy atom. The normalized spacial score (nSPS) is 18.2. The van der Waals surface area contributed by atoms with Crippen molar-refractivity contribution in [3.63, 3.8) is 0 Å². The maximum Gasteiger partial charge on any atom is 0.326 e. The molecule has 1 aliphatic rings. The minimum absolute atomic E-state index is 0.202. The second kappa shape index (κ2) is 7.01. The number of fused-ring (bicyclic) bond motifs is 1. The first-order valence-corrected chi connectivity index (χ1v) is 9.23. The third-order valence-electron chi connectivity index (χ3n) is 4.79. The fourth-order valence-corrected chi connectivity index (χ4v) is 3.97. The summed E-state index contributed by atoms with van der Waals surface area (Å²) in [5.74, 6) is 1.12. The van der Waals surface area contributed by atoms with Crippen LogP contribution in [-0.2, 0) is 0 Å². The van der Waals surface area contributed by atoms with Crippen LogP contribution in [0.1, 0.15) is 38.7 Å². The first-order valence-electron chi connectivity index (χ1n) is 8.47. The highest BCUT2D eigenvalue weighted by Crippen LogP contribution is 2.44. The van der Waals surface area contributed by atoms with Crippen molar-refractivity contribution in [3.05, 3.63) is 52.0 Å². The number of methoxy groups -OCH3 is 1. The number of benzene rings is 2. The number of carbonyl (C=O) groups is 1. The smallest absolute Gasteiger partial charge is 0.326 e. The number of amides is 2. The molecule has 1 aliphatic heterocycles. The highest BCUT2D eigenvalue weighted by molar-refractivity contribution is 6.42. The van der Waals surface area contributed by atoms with Gasteiger partial charge in [-0.2, -0.15) is 0 Å². The molecule has 1 heterocycles. The maximum absolute atomic E-state index is 13.1. The summed E-state index contributed by atoms with van der Waals surface area (Å²) in [5.41, 5.74) is 2.27. The zero-order valence-corrected chi connectivity index (χ0v) is 16.8. The van der Waals surface area contributed by atoms with Crippen molar-refractivity contribution in [2.75, 3.05) is 17.3 Å². The van der Waals surface area contributed by atoms with Gasteiger partial charge in [0.1, 0.15) is 5.75 Å². The van der Waals surface area contributed by atoms with Crippen molar-refractivity contribution in [1.29, 1.82) is 0 Å². The monoisotopic (exact) mass is 392 g/mol. The Morgan fingerprint density at radius 2 is 1.92 bits per heavy atom. The number of hydrogen-bond acceptors (Lipinski definition) is 2. The molecule has 1 atom stereocenters. The molecule has 0 aromatic heterocycles. The predicted molar refractivity (Wildman–Crippen MR) is 108 cm³/mol. The lowest BCUT2D eigenvalue weighted by molar-refractivity contribution is 0.247. The van der Waals surface area contributed by atoms with Gasteiger partial charge in [-0.15, -0.1) is 0 Å². The van der Waals surface area contributed by atoms with E-state index in [9.17, 15) is 4.79 Å². The average Bonchev–Trinajstić information content (AvgIpc) is 2.57. The minimum atomic E-state index is -0.332. The van der Waals surface area contributed by atoms with Gasteiger partial charge in [0.2, 0.25) is 0 Å². The van der Waals surface area contributed by atoms with Crippen LogP contribution < -0.4 is 15.0 Å². The molecular weight excluding hydrogens is 371 g/mol. The Balaban J connectivity index is 1.97. The largest absolute Gasteiger partial charge is 0.497 e. The summed E-state index contributed by atoms with van der Waals surface area (Å²) in [6.07, 6.45) is 0.849. The lowest BCUT2D eigenvalue weighted by Crippen LogP contribution is -2.53. The van der Waals surface area contributed by atoms with E-state index in [2.05, 4.69) is 26.1 Å². The molecule has 0 saturated carbocycles. The standard InChI is InChI=1S/C20H22Cl2N2O2/c1-12-11-20(2,3)24(18-8-6-14(26-4)10-15(12)18)19(25)23-13-5-7-16(21)17(22)9-13/h5-10,12H,11H2,1-4H3,(H,23,25)/t12-/m1/s1. The van der Waals surface area contributed by atoms with Crippen molar-refractivity contribution >= 4 is 40.6 Å². The lowest BCUT2D eigenvalue weighted by Gasteiger charge is -2.45. The lowest BCUT2D eigenvalue weighted by atomic mass is 9.80. The van der Waals surface area contributed by atoms with Crippen molar-refractivity contribution in [2.45, 2.75) is 38.6 Å². The Hall–Kier alpha value is -1.91. The van der Waals surface area contributed by atoms with Crippen molar-refractivity contribution in [2.24, 2.45) is 0 Å². The van der Waals surface area contributed by atoms with Gasteiger partial charge in [-0.05, 0) is 68.1 Å². The van der Waals surface area contributed by atoms with Gasteiger partial charge in [0.15, 0.2) is 0 Å². The van der Waals surface area contributed by atoms with E-state index in [1.807, 2.05) is 23.1 Å². The molecule has 2 amide bonds. The molecule has 2 aromatic rings. The summed E-state index contributed by atoms with van der Waals surface area (Å²) < 4.78 is 5.35. The van der Waals surface area contributed by atoms with E-state index >= 15 is 0 Å². The van der Waals surface area contributed by atoms with Gasteiger partial charge in [0.05, 0.1) is 17.2 Å². The molecule has 2 aromatic carbocycles. The third kappa shape index (κ3) is 3.49. The third-order valence-corrected chi connectivity index (χ3v) is 5.53. The quantitative estimate of drug-likeness (QED) is 0.648. The number of hydrogen-bond donors (Lipinski definition) is 1. The van der Waals surface area contributed by atoms with E-state index in [0.717, 1.165) is 23.4 Å². The molecule has 1 N–H and O–H groups in total. The van der Waals surface area contributed by atoms with Crippen LogP contribution in [-0.4, -0.2) is 18.7 Å². The first kappa shape index (κ1) is 18.9. The van der Waals surface area contributed by atoms with Crippen LogP contribution in [0.15, 0.2) is 36.4 Å². The fraction of sp³-hybridized carbons (Fsp3) is 0.350. The molecule has 0 bridgehead atoms. The summed E-state index contributed by atoms with van der Waals surface area (Å²) in [4.78, 5) is 14.9. The van der Waals surface area contributed by atoms with Gasteiger partial charge in [0.25, 0.3) is 0 Å². The summed E-state index contributed by atoms with van der Waals surface area (Å²) in [7, 11) is 1.65. The molecule has 0 radical (unpaired) electrons. The SMILES string of the molecule is COc1ccc2c(c1)[C@H](C)CC(C)(C)N2C(=O)Nc1ccc(Cl)c(Cl)c1. The van der Waals surface area contributed by atoms with Crippen molar-refractivity contribution < 1.29 is 9.53 Å².